The molecular formula is C32H39F2N3O2S2. The quantitative estimate of drug-likeness (QED) is 0.163. The van der Waals surface area contributed by atoms with Crippen LogP contribution in [0.3, 0.4) is 0 Å². The van der Waals surface area contributed by atoms with Gasteiger partial charge in [0.25, 0.3) is 5.91 Å². The third-order valence-electron chi connectivity index (χ3n) is 7.50. The topological polar surface area (TPSA) is 73.4 Å². The number of nitrogens with one attached hydrogen (secondary N) is 3. The molecule has 4 atom stereocenters. The van der Waals surface area contributed by atoms with Gasteiger partial charge in [0.2, 0.25) is 0 Å². The SMILES string of the molecule is CSCC[C@H](NC(=O)c1cc(NC[C@@H]2C[C@H](S)CN2)ccc1CCc1ccc(F)cc1)C(O)Cc1ccccc1F. The molecule has 0 radical (unpaired) electrons. The van der Waals surface area contributed by atoms with Crippen molar-refractivity contribution in [2.75, 3.05) is 30.4 Å². The Morgan fingerprint density at radius 1 is 1.10 bits per heavy atom. The fourth-order valence-corrected chi connectivity index (χ4v) is 5.97. The Kier molecular flexibility index (Phi) is 11.9. The molecular weight excluding hydrogens is 561 g/mol. The molecule has 1 fully saturated rings. The molecule has 41 heavy (non-hydrogen) atoms. The first-order valence-electron chi connectivity index (χ1n) is 14.1. The lowest BCUT2D eigenvalue weighted by Gasteiger charge is -2.25. The Morgan fingerprint density at radius 3 is 2.59 bits per heavy atom. The maximum absolute atomic E-state index is 14.3. The van der Waals surface area contributed by atoms with E-state index in [4.69, 9.17) is 0 Å². The zero-order valence-corrected chi connectivity index (χ0v) is 25.0. The number of carbonyl (C=O) groups is 1. The van der Waals surface area contributed by atoms with Gasteiger partial charge in [-0.05, 0) is 84.7 Å². The highest BCUT2D eigenvalue weighted by Crippen LogP contribution is 2.21. The summed E-state index contributed by atoms with van der Waals surface area (Å²) < 4.78 is 27.7. The lowest BCUT2D eigenvalue weighted by atomic mass is 9.96. The van der Waals surface area contributed by atoms with Gasteiger partial charge >= 0.3 is 0 Å². The summed E-state index contributed by atoms with van der Waals surface area (Å²) in [5.41, 5.74) is 3.61. The van der Waals surface area contributed by atoms with Gasteiger partial charge in [0.1, 0.15) is 11.6 Å². The number of carbonyl (C=O) groups excluding carboxylic acids is 1. The van der Waals surface area contributed by atoms with Crippen LogP contribution in [0.25, 0.3) is 0 Å². The molecule has 220 valence electrons. The number of rotatable bonds is 14. The number of benzene rings is 3. The van der Waals surface area contributed by atoms with Crippen LogP contribution in [-0.2, 0) is 19.3 Å². The predicted octanol–water partition coefficient (Wildman–Crippen LogP) is 5.28. The lowest BCUT2D eigenvalue weighted by molar-refractivity contribution is 0.0826. The van der Waals surface area contributed by atoms with Crippen molar-refractivity contribution in [1.29, 1.82) is 0 Å². The Hall–Kier alpha value is -2.59. The van der Waals surface area contributed by atoms with Crippen LogP contribution in [0.5, 0.6) is 0 Å². The first-order chi connectivity index (χ1) is 19.8. The van der Waals surface area contributed by atoms with E-state index in [1.165, 1.54) is 18.2 Å². The summed E-state index contributed by atoms with van der Waals surface area (Å²) in [5.74, 6) is -0.200. The molecule has 1 aliphatic rings. The highest BCUT2D eigenvalue weighted by molar-refractivity contribution is 7.98. The second-order valence-electron chi connectivity index (χ2n) is 10.6. The van der Waals surface area contributed by atoms with E-state index in [1.807, 2.05) is 24.5 Å². The van der Waals surface area contributed by atoms with Gasteiger partial charge in [-0.15, -0.1) is 0 Å². The zero-order valence-electron chi connectivity index (χ0n) is 23.3. The van der Waals surface area contributed by atoms with Gasteiger partial charge in [-0.3, -0.25) is 4.79 Å². The number of aliphatic hydroxyl groups excluding tert-OH is 1. The van der Waals surface area contributed by atoms with Crippen molar-refractivity contribution >= 4 is 36.0 Å². The van der Waals surface area contributed by atoms with E-state index in [9.17, 15) is 18.7 Å². The highest BCUT2D eigenvalue weighted by Gasteiger charge is 2.25. The van der Waals surface area contributed by atoms with Crippen molar-refractivity contribution < 1.29 is 18.7 Å². The molecule has 0 spiro atoms. The van der Waals surface area contributed by atoms with Crippen molar-refractivity contribution in [1.82, 2.24) is 10.6 Å². The summed E-state index contributed by atoms with van der Waals surface area (Å²) in [4.78, 5) is 13.8. The number of halogens is 2. The molecule has 0 bridgehead atoms. The maximum atomic E-state index is 14.3. The number of hydrogen-bond acceptors (Lipinski definition) is 6. The van der Waals surface area contributed by atoms with Gasteiger partial charge in [0, 0.05) is 42.1 Å². The summed E-state index contributed by atoms with van der Waals surface area (Å²) in [6, 6.07) is 18.3. The molecule has 0 saturated carbocycles. The standard InChI is InChI=1S/C32H39F2N3O2S2/c1-41-15-14-30(31(38)16-23-4-2-3-5-29(23)34)37-32(39)28-18-25(35-19-26-17-27(40)20-36-26)13-10-22(28)9-6-21-7-11-24(33)12-8-21/h2-5,7-8,10-13,18,26-27,30-31,35-36,38,40H,6,9,14-17,19-20H2,1H3,(H,37,39)/t26-,27-,30-,31?/m0/s1. The van der Waals surface area contributed by atoms with E-state index >= 15 is 0 Å². The fourth-order valence-electron chi connectivity index (χ4n) is 5.12. The van der Waals surface area contributed by atoms with Gasteiger partial charge < -0.3 is 21.1 Å². The number of anilines is 1. The van der Waals surface area contributed by atoms with E-state index in [2.05, 4.69) is 28.6 Å². The Bertz CT molecular complexity index is 1280. The number of thiol groups is 1. The Morgan fingerprint density at radius 2 is 1.88 bits per heavy atom. The van der Waals surface area contributed by atoms with Crippen LogP contribution in [0.2, 0.25) is 0 Å². The molecule has 0 aliphatic carbocycles. The van der Waals surface area contributed by atoms with Gasteiger partial charge in [0.05, 0.1) is 12.1 Å². The highest BCUT2D eigenvalue weighted by atomic mass is 32.2. The summed E-state index contributed by atoms with van der Waals surface area (Å²) in [5, 5.41) is 21.4. The molecule has 3 aromatic rings. The average molecular weight is 600 g/mol. The van der Waals surface area contributed by atoms with E-state index < -0.39 is 12.1 Å². The van der Waals surface area contributed by atoms with E-state index in [-0.39, 0.29) is 24.0 Å². The van der Waals surface area contributed by atoms with E-state index in [0.717, 1.165) is 35.5 Å². The van der Waals surface area contributed by atoms with Gasteiger partial charge in [-0.2, -0.15) is 24.4 Å². The molecule has 1 unspecified atom stereocenters. The summed E-state index contributed by atoms with van der Waals surface area (Å²) in [7, 11) is 0. The van der Waals surface area contributed by atoms with Crippen molar-refractivity contribution in [2.45, 2.75) is 55.5 Å². The number of amides is 1. The predicted molar refractivity (Wildman–Crippen MR) is 168 cm³/mol. The smallest absolute Gasteiger partial charge is 0.251 e. The molecule has 1 heterocycles. The monoisotopic (exact) mass is 599 g/mol. The van der Waals surface area contributed by atoms with Crippen LogP contribution >= 0.6 is 24.4 Å². The summed E-state index contributed by atoms with van der Waals surface area (Å²) in [6.07, 6.45) is 3.88. The first-order valence-corrected chi connectivity index (χ1v) is 16.0. The average Bonchev–Trinajstić information content (AvgIpc) is 3.40. The Balaban J connectivity index is 1.52. The summed E-state index contributed by atoms with van der Waals surface area (Å²) >= 11 is 6.18. The number of thioether (sulfide) groups is 1. The maximum Gasteiger partial charge on any atom is 0.251 e. The number of aliphatic hydroxyl groups is 1. The first kappa shape index (κ1) is 31.3. The van der Waals surface area contributed by atoms with Gasteiger partial charge in [-0.1, -0.05) is 36.4 Å². The van der Waals surface area contributed by atoms with Crippen LogP contribution in [0.4, 0.5) is 14.5 Å². The second-order valence-corrected chi connectivity index (χ2v) is 12.3. The second kappa shape index (κ2) is 15.6. The number of aryl methyl sites for hydroxylation is 2. The lowest BCUT2D eigenvalue weighted by Crippen LogP contribution is -2.45. The molecule has 3 aromatic carbocycles. The molecule has 5 nitrogen and oxygen atoms in total. The van der Waals surface area contributed by atoms with Gasteiger partial charge in [-0.25, -0.2) is 8.78 Å². The molecule has 1 amide bonds. The molecule has 9 heteroatoms. The minimum atomic E-state index is -0.949. The minimum Gasteiger partial charge on any atom is -0.391 e. The normalized spacial score (nSPS) is 18.2. The van der Waals surface area contributed by atoms with Crippen LogP contribution in [0.1, 0.15) is 39.9 Å². The molecule has 4 rings (SSSR count). The fraction of sp³-hybridized carbons (Fsp3) is 0.406. The zero-order chi connectivity index (χ0) is 29.2. The molecule has 0 aromatic heterocycles. The third kappa shape index (κ3) is 9.46. The van der Waals surface area contributed by atoms with Crippen LogP contribution in [0, 0.1) is 11.6 Å². The molecule has 1 aliphatic heterocycles. The van der Waals surface area contributed by atoms with E-state index in [1.54, 1.807) is 42.1 Å². The minimum absolute atomic E-state index is 0.103. The summed E-state index contributed by atoms with van der Waals surface area (Å²) in [6.45, 7) is 1.59. The van der Waals surface area contributed by atoms with Crippen molar-refractivity contribution in [3.63, 3.8) is 0 Å². The van der Waals surface area contributed by atoms with Crippen molar-refractivity contribution in [3.8, 4) is 0 Å². The Labute approximate surface area is 251 Å². The third-order valence-corrected chi connectivity index (χ3v) is 8.54. The largest absolute Gasteiger partial charge is 0.391 e. The van der Waals surface area contributed by atoms with E-state index in [0.29, 0.717) is 48.2 Å². The molecule has 4 N–H and O–H groups in total. The van der Waals surface area contributed by atoms with Gasteiger partial charge in [0.15, 0.2) is 0 Å². The van der Waals surface area contributed by atoms with Crippen molar-refractivity contribution in [3.05, 3.63) is 101 Å². The van der Waals surface area contributed by atoms with Crippen LogP contribution in [0.15, 0.2) is 66.7 Å². The van der Waals surface area contributed by atoms with Crippen LogP contribution < -0.4 is 16.0 Å². The van der Waals surface area contributed by atoms with Crippen molar-refractivity contribution in [2.24, 2.45) is 0 Å². The van der Waals surface area contributed by atoms with Crippen LogP contribution in [-0.4, -0.2) is 59.5 Å². The molecule has 1 saturated heterocycles. The number of hydrogen-bond donors (Lipinski definition) is 5.